The summed E-state index contributed by atoms with van der Waals surface area (Å²) < 4.78 is 0. The molecule has 0 saturated carbocycles. The molecule has 1 N–H and O–H groups in total. The first-order valence-corrected chi connectivity index (χ1v) is 12.9. The second-order valence-electron chi connectivity index (χ2n) is 8.87. The largest absolute Gasteiger partial charge is 0.317 e. The predicted molar refractivity (Wildman–Crippen MR) is 132 cm³/mol. The van der Waals surface area contributed by atoms with Crippen LogP contribution in [0.15, 0.2) is 0 Å². The first-order chi connectivity index (χ1) is 14.1. The highest BCUT2D eigenvalue weighted by atomic mass is 15.1. The number of likely N-dealkylation sites (tertiary alicyclic amines) is 2. The van der Waals surface area contributed by atoms with Crippen LogP contribution in [0.4, 0.5) is 0 Å². The Morgan fingerprint density at radius 1 is 0.828 bits per heavy atom. The monoisotopic (exact) mass is 412 g/mol. The van der Waals surface area contributed by atoms with Gasteiger partial charge in [-0.05, 0) is 119 Å². The Kier molecular flexibility index (Phi) is 19.7. The van der Waals surface area contributed by atoms with Crippen molar-refractivity contribution in [1.29, 1.82) is 0 Å². The Morgan fingerprint density at radius 3 is 1.76 bits per heavy atom. The highest BCUT2D eigenvalue weighted by Gasteiger charge is 2.11. The van der Waals surface area contributed by atoms with Crippen LogP contribution in [-0.2, 0) is 0 Å². The van der Waals surface area contributed by atoms with Gasteiger partial charge in [0.1, 0.15) is 0 Å². The Morgan fingerprint density at radius 2 is 1.31 bits per heavy atom. The molecule has 176 valence electrons. The van der Waals surface area contributed by atoms with E-state index in [2.05, 4.69) is 47.8 Å². The lowest BCUT2D eigenvalue weighted by Gasteiger charge is -2.28. The molecule has 2 heterocycles. The minimum atomic E-state index is 0.673. The van der Waals surface area contributed by atoms with Crippen molar-refractivity contribution in [3.8, 4) is 0 Å². The third kappa shape index (κ3) is 15.3. The van der Waals surface area contributed by atoms with E-state index in [4.69, 9.17) is 0 Å². The SMILES string of the molecule is CC.CCC(C)N(C)CCCN1CCCCC1.CNC(C)CCN1CCCCC1. The first-order valence-electron chi connectivity index (χ1n) is 12.9. The van der Waals surface area contributed by atoms with Gasteiger partial charge in [0.25, 0.3) is 0 Å². The van der Waals surface area contributed by atoms with Gasteiger partial charge in [-0.25, -0.2) is 0 Å². The first kappa shape index (κ1) is 28.8. The second-order valence-corrected chi connectivity index (χ2v) is 8.87. The van der Waals surface area contributed by atoms with Gasteiger partial charge in [0, 0.05) is 12.1 Å². The summed E-state index contributed by atoms with van der Waals surface area (Å²) >= 11 is 0. The second kappa shape index (κ2) is 19.8. The van der Waals surface area contributed by atoms with Crippen molar-refractivity contribution in [2.75, 3.05) is 59.9 Å². The molecule has 2 saturated heterocycles. The number of piperidine rings is 2. The van der Waals surface area contributed by atoms with Gasteiger partial charge < -0.3 is 20.0 Å². The van der Waals surface area contributed by atoms with E-state index in [0.717, 1.165) is 6.04 Å². The quantitative estimate of drug-likeness (QED) is 0.539. The van der Waals surface area contributed by atoms with Crippen LogP contribution in [0.2, 0.25) is 0 Å². The summed E-state index contributed by atoms with van der Waals surface area (Å²) in [5.74, 6) is 0. The molecular weight excluding hydrogens is 356 g/mol. The predicted octanol–water partition coefficient (Wildman–Crippen LogP) is 5.09. The fourth-order valence-corrected chi connectivity index (χ4v) is 3.96. The molecule has 0 spiro atoms. The third-order valence-electron chi connectivity index (χ3n) is 6.60. The highest BCUT2D eigenvalue weighted by Crippen LogP contribution is 2.10. The van der Waals surface area contributed by atoms with Crippen molar-refractivity contribution in [3.05, 3.63) is 0 Å². The average Bonchev–Trinajstić information content (AvgIpc) is 2.80. The smallest absolute Gasteiger partial charge is 0.00612 e. The fraction of sp³-hybridized carbons (Fsp3) is 1.00. The van der Waals surface area contributed by atoms with E-state index >= 15 is 0 Å². The molecule has 2 atom stereocenters. The molecule has 0 amide bonds. The van der Waals surface area contributed by atoms with Crippen LogP contribution in [0.3, 0.4) is 0 Å². The number of nitrogens with zero attached hydrogens (tertiary/aromatic N) is 3. The number of rotatable bonds is 10. The van der Waals surface area contributed by atoms with Gasteiger partial charge in [-0.2, -0.15) is 0 Å². The van der Waals surface area contributed by atoms with Gasteiger partial charge in [-0.15, -0.1) is 0 Å². The molecule has 2 unspecified atom stereocenters. The molecule has 4 heteroatoms. The molecule has 2 aliphatic heterocycles. The van der Waals surface area contributed by atoms with E-state index < -0.39 is 0 Å². The summed E-state index contributed by atoms with van der Waals surface area (Å²) in [5, 5.41) is 3.28. The van der Waals surface area contributed by atoms with Crippen molar-refractivity contribution < 1.29 is 0 Å². The van der Waals surface area contributed by atoms with Crippen molar-refractivity contribution in [1.82, 2.24) is 20.0 Å². The zero-order chi connectivity index (χ0) is 21.9. The molecule has 0 bridgehead atoms. The van der Waals surface area contributed by atoms with Gasteiger partial charge in [0.2, 0.25) is 0 Å². The minimum absolute atomic E-state index is 0.673. The summed E-state index contributed by atoms with van der Waals surface area (Å²) in [7, 11) is 4.30. The normalized spacial score (nSPS) is 20.3. The van der Waals surface area contributed by atoms with Gasteiger partial charge in [-0.1, -0.05) is 33.6 Å². The maximum atomic E-state index is 3.28. The van der Waals surface area contributed by atoms with E-state index in [1.165, 1.54) is 104 Å². The van der Waals surface area contributed by atoms with Crippen molar-refractivity contribution in [3.63, 3.8) is 0 Å². The molecule has 0 aromatic carbocycles. The van der Waals surface area contributed by atoms with Gasteiger partial charge >= 0.3 is 0 Å². The van der Waals surface area contributed by atoms with Crippen molar-refractivity contribution in [2.45, 2.75) is 104 Å². The lowest BCUT2D eigenvalue weighted by molar-refractivity contribution is 0.196. The molecule has 2 aliphatic rings. The number of hydrogen-bond donors (Lipinski definition) is 1. The molecule has 29 heavy (non-hydrogen) atoms. The van der Waals surface area contributed by atoms with Crippen LogP contribution in [0.25, 0.3) is 0 Å². The van der Waals surface area contributed by atoms with Crippen LogP contribution in [0, 0.1) is 0 Å². The van der Waals surface area contributed by atoms with E-state index in [-0.39, 0.29) is 0 Å². The zero-order valence-corrected chi connectivity index (χ0v) is 21.3. The molecule has 2 fully saturated rings. The van der Waals surface area contributed by atoms with Crippen LogP contribution in [0.5, 0.6) is 0 Å². The Hall–Kier alpha value is -0.160. The van der Waals surface area contributed by atoms with E-state index in [0.29, 0.717) is 6.04 Å². The molecular formula is C25H56N4. The summed E-state index contributed by atoms with van der Waals surface area (Å²) in [6.45, 7) is 20.0. The van der Waals surface area contributed by atoms with Gasteiger partial charge in [-0.3, -0.25) is 0 Å². The summed E-state index contributed by atoms with van der Waals surface area (Å²) in [5.41, 5.74) is 0. The molecule has 0 aromatic rings. The van der Waals surface area contributed by atoms with E-state index in [1.54, 1.807) is 0 Å². The van der Waals surface area contributed by atoms with Crippen LogP contribution in [0.1, 0.15) is 92.4 Å². The van der Waals surface area contributed by atoms with Crippen LogP contribution in [-0.4, -0.2) is 86.7 Å². The van der Waals surface area contributed by atoms with Crippen molar-refractivity contribution in [2.24, 2.45) is 0 Å². The number of hydrogen-bond acceptors (Lipinski definition) is 4. The van der Waals surface area contributed by atoms with E-state index in [9.17, 15) is 0 Å². The maximum absolute atomic E-state index is 3.28. The Balaban J connectivity index is 0.000000508. The van der Waals surface area contributed by atoms with Gasteiger partial charge in [0.05, 0.1) is 0 Å². The maximum Gasteiger partial charge on any atom is 0.00612 e. The zero-order valence-electron chi connectivity index (χ0n) is 21.3. The van der Waals surface area contributed by atoms with Crippen LogP contribution >= 0.6 is 0 Å². The summed E-state index contributed by atoms with van der Waals surface area (Å²) in [6, 6.07) is 1.42. The van der Waals surface area contributed by atoms with E-state index in [1.807, 2.05) is 20.9 Å². The Bertz CT molecular complexity index is 323. The molecule has 0 radical (unpaired) electrons. The Labute approximate surface area is 184 Å². The van der Waals surface area contributed by atoms with Crippen LogP contribution < -0.4 is 5.32 Å². The highest BCUT2D eigenvalue weighted by molar-refractivity contribution is 4.68. The molecule has 0 aliphatic carbocycles. The average molecular weight is 413 g/mol. The third-order valence-corrected chi connectivity index (χ3v) is 6.60. The summed E-state index contributed by atoms with van der Waals surface area (Å²) in [4.78, 5) is 7.72. The lowest BCUT2D eigenvalue weighted by atomic mass is 10.1. The topological polar surface area (TPSA) is 21.8 Å². The lowest BCUT2D eigenvalue weighted by Crippen LogP contribution is -2.34. The summed E-state index contributed by atoms with van der Waals surface area (Å²) in [6.07, 6.45) is 12.4. The molecule has 4 nitrogen and oxygen atoms in total. The number of nitrogens with one attached hydrogen (secondary N) is 1. The minimum Gasteiger partial charge on any atom is -0.317 e. The standard InChI is InChI=1S/C13H28N2.C10H22N2.C2H6/c1-4-13(2)14(3)9-8-12-15-10-6-5-7-11-15;1-10(11-2)6-9-12-7-4-3-5-8-12;1-2/h13H,4-12H2,1-3H3;10-11H,3-9H2,1-2H3;1-2H3. The fourth-order valence-electron chi connectivity index (χ4n) is 3.96. The molecule has 0 aromatic heterocycles. The van der Waals surface area contributed by atoms with Gasteiger partial charge in [0.15, 0.2) is 0 Å². The molecule has 2 rings (SSSR count). The van der Waals surface area contributed by atoms with Crippen molar-refractivity contribution >= 4 is 0 Å².